The number of hydrogen-bond acceptors (Lipinski definition) is 11. The highest BCUT2D eigenvalue weighted by Gasteiger charge is 2.32. The van der Waals surface area contributed by atoms with Crippen LogP contribution in [-0.2, 0) is 38.1 Å². The molecule has 4 aromatic carbocycles. The summed E-state index contributed by atoms with van der Waals surface area (Å²) in [4.78, 5) is 79.0. The van der Waals surface area contributed by atoms with E-state index in [1.165, 1.54) is 0 Å². The van der Waals surface area contributed by atoms with Crippen LogP contribution in [0.25, 0.3) is 22.3 Å². The second-order valence-corrected chi connectivity index (χ2v) is 16.3. The number of carbonyl (C=O) groups is 6. The van der Waals surface area contributed by atoms with E-state index in [-0.39, 0.29) is 49.7 Å². The fraction of sp³-hybridized carbons (Fsp3) is 0.375. The molecule has 4 atom stereocenters. The van der Waals surface area contributed by atoms with Gasteiger partial charge in [-0.25, -0.2) is 14.4 Å². The van der Waals surface area contributed by atoms with Crippen molar-refractivity contribution in [2.24, 2.45) is 0 Å². The molecule has 4 aromatic rings. The van der Waals surface area contributed by atoms with Crippen molar-refractivity contribution in [3.8, 4) is 22.3 Å². The van der Waals surface area contributed by atoms with Crippen molar-refractivity contribution in [1.82, 2.24) is 16.0 Å². The molecule has 0 saturated carbocycles. The van der Waals surface area contributed by atoms with Gasteiger partial charge < -0.3 is 34.9 Å². The van der Waals surface area contributed by atoms with Gasteiger partial charge in [0.1, 0.15) is 31.8 Å². The normalized spacial score (nSPS) is 14.4. The summed E-state index contributed by atoms with van der Waals surface area (Å²) in [5.74, 6) is -3.42. The Labute approximate surface area is 366 Å². The van der Waals surface area contributed by atoms with Crippen LogP contribution in [0.3, 0.4) is 0 Å². The van der Waals surface area contributed by atoms with Gasteiger partial charge in [-0.05, 0) is 89.4 Å². The van der Waals surface area contributed by atoms with E-state index in [1.807, 2.05) is 111 Å². The van der Waals surface area contributed by atoms with Gasteiger partial charge in [-0.1, -0.05) is 111 Å². The van der Waals surface area contributed by atoms with Gasteiger partial charge in [-0.2, -0.15) is 0 Å². The third-order valence-electron chi connectivity index (χ3n) is 11.1. The quantitative estimate of drug-likeness (QED) is 0.0624. The Morgan fingerprint density at radius 3 is 1.58 bits per heavy atom. The lowest BCUT2D eigenvalue weighted by Gasteiger charge is -2.22. The molecule has 326 valence electrons. The summed E-state index contributed by atoms with van der Waals surface area (Å²) in [6, 6.07) is 29.1. The molecule has 0 radical (unpaired) electrons. The lowest BCUT2D eigenvalue weighted by Crippen LogP contribution is -2.50. The number of benzene rings is 4. The van der Waals surface area contributed by atoms with Crippen LogP contribution in [0.15, 0.2) is 97.1 Å². The predicted octanol–water partition coefficient (Wildman–Crippen LogP) is 7.64. The lowest BCUT2D eigenvalue weighted by molar-refractivity contribution is -0.151. The van der Waals surface area contributed by atoms with Crippen molar-refractivity contribution in [2.45, 2.75) is 89.5 Å². The summed E-state index contributed by atoms with van der Waals surface area (Å²) >= 11 is 0.703. The van der Waals surface area contributed by atoms with Crippen LogP contribution in [0, 0.1) is 0 Å². The minimum absolute atomic E-state index is 0.0104. The van der Waals surface area contributed by atoms with Crippen molar-refractivity contribution in [1.29, 1.82) is 0 Å². The molecule has 0 saturated heterocycles. The maximum atomic E-state index is 13.5. The number of fused-ring (bicyclic) bond motifs is 6. The summed E-state index contributed by atoms with van der Waals surface area (Å²) in [5, 5.41) is 7.03. The van der Waals surface area contributed by atoms with Crippen LogP contribution in [0.1, 0.15) is 87.5 Å². The van der Waals surface area contributed by atoms with Gasteiger partial charge in [0.05, 0.1) is 12.2 Å². The summed E-state index contributed by atoms with van der Waals surface area (Å²) in [6.07, 6.45) is -1.09. The molecular formula is C48H53N3O10S. The highest BCUT2D eigenvalue weighted by Crippen LogP contribution is 2.45. The zero-order valence-electron chi connectivity index (χ0n) is 35.3. The molecule has 0 spiro atoms. The van der Waals surface area contributed by atoms with Crippen molar-refractivity contribution in [3.63, 3.8) is 0 Å². The minimum Gasteiger partial charge on any atom is -0.461 e. The first-order chi connectivity index (χ1) is 30.0. The molecule has 13 nitrogen and oxygen atoms in total. The Hall–Kier alpha value is -6.15. The van der Waals surface area contributed by atoms with Gasteiger partial charge in [0.25, 0.3) is 0 Å². The largest absolute Gasteiger partial charge is 0.461 e. The summed E-state index contributed by atoms with van der Waals surface area (Å²) in [5.41, 5.74) is 8.40. The average molecular weight is 864 g/mol. The number of esters is 2. The van der Waals surface area contributed by atoms with Gasteiger partial charge in [-0.3, -0.25) is 14.4 Å². The van der Waals surface area contributed by atoms with Crippen molar-refractivity contribution in [3.05, 3.63) is 119 Å². The second kappa shape index (κ2) is 21.6. The van der Waals surface area contributed by atoms with E-state index in [1.54, 1.807) is 13.8 Å². The number of carbonyl (C=O) groups excluding carboxylic acids is 6. The SMILES string of the molecule is CCC(C)OC(=O)CNC(=O)[C@H](CSC(=O)OCC1c2ccccc2-c2ccccc21)NC(=O)CC[C@H](NC(=O)OCC1c2ccccc2-c2ccccc21)C(=O)OC(C)CC. The molecule has 2 aliphatic rings. The highest BCUT2D eigenvalue weighted by atomic mass is 32.2. The molecule has 0 aliphatic heterocycles. The minimum atomic E-state index is -1.29. The maximum Gasteiger partial charge on any atom is 0.407 e. The van der Waals surface area contributed by atoms with Gasteiger partial charge in [-0.15, -0.1) is 0 Å². The smallest absolute Gasteiger partial charge is 0.407 e. The fourth-order valence-electron chi connectivity index (χ4n) is 7.54. The van der Waals surface area contributed by atoms with Crippen LogP contribution >= 0.6 is 11.8 Å². The molecular weight excluding hydrogens is 811 g/mol. The molecule has 0 heterocycles. The Kier molecular flexibility index (Phi) is 15.8. The molecule has 62 heavy (non-hydrogen) atoms. The zero-order valence-corrected chi connectivity index (χ0v) is 36.2. The second-order valence-electron chi connectivity index (χ2n) is 15.4. The Morgan fingerprint density at radius 2 is 1.08 bits per heavy atom. The van der Waals surface area contributed by atoms with E-state index < -0.39 is 59.9 Å². The molecule has 0 bridgehead atoms. The van der Waals surface area contributed by atoms with E-state index in [2.05, 4.69) is 16.0 Å². The molecule has 3 amide bonds. The first-order valence-electron chi connectivity index (χ1n) is 21.0. The number of thioether (sulfide) groups is 1. The van der Waals surface area contributed by atoms with Gasteiger partial charge in [0, 0.05) is 24.0 Å². The van der Waals surface area contributed by atoms with Crippen LogP contribution < -0.4 is 16.0 Å². The van der Waals surface area contributed by atoms with Gasteiger partial charge in [0.15, 0.2) is 0 Å². The topological polar surface area (TPSA) is 175 Å². The molecule has 14 heteroatoms. The number of rotatable bonds is 19. The number of amides is 3. The van der Waals surface area contributed by atoms with E-state index in [0.717, 1.165) is 44.5 Å². The van der Waals surface area contributed by atoms with E-state index in [0.29, 0.717) is 24.6 Å². The zero-order chi connectivity index (χ0) is 44.2. The Balaban J connectivity index is 1.07. The number of hydrogen-bond donors (Lipinski definition) is 3. The van der Waals surface area contributed by atoms with Gasteiger partial charge >= 0.3 is 23.3 Å². The maximum absolute atomic E-state index is 13.5. The molecule has 0 fully saturated rings. The van der Waals surface area contributed by atoms with Crippen LogP contribution in [0.5, 0.6) is 0 Å². The molecule has 2 unspecified atom stereocenters. The van der Waals surface area contributed by atoms with Gasteiger partial charge in [0.2, 0.25) is 11.8 Å². The van der Waals surface area contributed by atoms with Crippen LogP contribution in [-0.4, -0.2) is 85.0 Å². The molecule has 3 N–H and O–H groups in total. The molecule has 2 aliphatic carbocycles. The number of alkyl carbamates (subject to hydrolysis) is 1. The summed E-state index contributed by atoms with van der Waals surface area (Å²) in [6.45, 7) is 6.75. The van der Waals surface area contributed by atoms with Crippen molar-refractivity contribution in [2.75, 3.05) is 25.5 Å². The van der Waals surface area contributed by atoms with Crippen LogP contribution in [0.4, 0.5) is 9.59 Å². The molecule has 6 rings (SSSR count). The first-order valence-corrected chi connectivity index (χ1v) is 22.0. The van der Waals surface area contributed by atoms with E-state index in [4.69, 9.17) is 18.9 Å². The lowest BCUT2D eigenvalue weighted by atomic mass is 9.98. The van der Waals surface area contributed by atoms with E-state index in [9.17, 15) is 28.8 Å². The Morgan fingerprint density at radius 1 is 0.613 bits per heavy atom. The number of ether oxygens (including phenoxy) is 4. The van der Waals surface area contributed by atoms with E-state index >= 15 is 0 Å². The summed E-state index contributed by atoms with van der Waals surface area (Å²) in [7, 11) is 0. The summed E-state index contributed by atoms with van der Waals surface area (Å²) < 4.78 is 22.2. The van der Waals surface area contributed by atoms with Crippen molar-refractivity contribution < 1.29 is 47.7 Å². The first kappa shape index (κ1) is 45.4. The molecule has 0 aromatic heterocycles. The van der Waals surface area contributed by atoms with Crippen LogP contribution in [0.2, 0.25) is 0 Å². The van der Waals surface area contributed by atoms with Crippen molar-refractivity contribution >= 4 is 46.9 Å². The average Bonchev–Trinajstić information content (AvgIpc) is 3.78. The highest BCUT2D eigenvalue weighted by molar-refractivity contribution is 8.13. The predicted molar refractivity (Wildman–Crippen MR) is 235 cm³/mol. The Bertz CT molecular complexity index is 2170. The third kappa shape index (κ3) is 11.4. The monoisotopic (exact) mass is 863 g/mol. The fourth-order valence-corrected chi connectivity index (χ4v) is 8.22. The standard InChI is InChI=1S/C48H53N3O10S/c1-5-29(3)60-44(53)25-49-45(54)42(28-62-48(57)59-27-40-37-21-13-9-17-33(37)34-18-10-14-22-38(34)40)50-43(52)24-23-41(46(55)61-30(4)6-2)51-47(56)58-26-39-35-19-11-7-15-31(35)32-16-8-12-20-36(32)39/h7-22,29-30,39-42H,5-6,23-28H2,1-4H3,(H,49,54)(H,50,52)(H,51,56)/t29?,30?,41-,42-/m0/s1. The number of nitrogens with one attached hydrogen (secondary N) is 3. The third-order valence-corrected chi connectivity index (χ3v) is 12.0.